The molecule has 1 aliphatic rings. The number of H-pyrrole nitrogens is 1. The summed E-state index contributed by atoms with van der Waals surface area (Å²) in [5.74, 6) is 1.36. The van der Waals surface area contributed by atoms with Gasteiger partial charge in [-0.25, -0.2) is 0 Å². The molecule has 2 aromatic rings. The van der Waals surface area contributed by atoms with Gasteiger partial charge in [-0.2, -0.15) is 0 Å². The fraction of sp³-hybridized carbons (Fsp3) is 0.294. The molecular formula is C17H18N2O5. The van der Waals surface area contributed by atoms with E-state index in [0.717, 1.165) is 5.75 Å². The quantitative estimate of drug-likeness (QED) is 0.863. The van der Waals surface area contributed by atoms with Crippen LogP contribution in [-0.2, 0) is 0 Å². The van der Waals surface area contributed by atoms with Crippen LogP contribution in [0.3, 0.4) is 0 Å². The highest BCUT2D eigenvalue weighted by Crippen LogP contribution is 2.31. The topological polar surface area (TPSA) is 89.7 Å². The standard InChI is InChI=1S/C17H18N2O5/c1-22-15-8-16(20)19-9-12(15)17(21)18-7-6-11-10-23-13-4-2-3-5-14(13)24-11/h2-5,8-9,11H,6-7,10H2,1H3,(H,18,21)(H,19,20). The lowest BCUT2D eigenvalue weighted by atomic mass is 10.2. The highest BCUT2D eigenvalue weighted by Gasteiger charge is 2.21. The second kappa shape index (κ2) is 7.08. The molecule has 3 rings (SSSR count). The van der Waals surface area contributed by atoms with Gasteiger partial charge >= 0.3 is 0 Å². The van der Waals surface area contributed by atoms with Crippen LogP contribution < -0.4 is 25.1 Å². The molecule has 24 heavy (non-hydrogen) atoms. The molecule has 0 saturated heterocycles. The minimum Gasteiger partial charge on any atom is -0.496 e. The zero-order valence-corrected chi connectivity index (χ0v) is 13.2. The van der Waals surface area contributed by atoms with E-state index in [9.17, 15) is 9.59 Å². The summed E-state index contributed by atoms with van der Waals surface area (Å²) in [4.78, 5) is 25.9. The first-order valence-corrected chi connectivity index (χ1v) is 7.61. The molecule has 126 valence electrons. The van der Waals surface area contributed by atoms with Crippen molar-refractivity contribution >= 4 is 5.91 Å². The Bertz CT molecular complexity index is 787. The van der Waals surface area contributed by atoms with Gasteiger partial charge in [0.1, 0.15) is 18.5 Å². The lowest BCUT2D eigenvalue weighted by molar-refractivity contribution is 0.0812. The van der Waals surface area contributed by atoms with Crippen LogP contribution in [-0.4, -0.2) is 37.3 Å². The zero-order valence-electron chi connectivity index (χ0n) is 13.2. The summed E-state index contributed by atoms with van der Waals surface area (Å²) in [6.45, 7) is 0.853. The highest BCUT2D eigenvalue weighted by molar-refractivity contribution is 5.96. The summed E-state index contributed by atoms with van der Waals surface area (Å²) >= 11 is 0. The number of carbonyl (C=O) groups excluding carboxylic acids is 1. The molecule has 1 aliphatic heterocycles. The van der Waals surface area contributed by atoms with Gasteiger partial charge in [0, 0.05) is 25.2 Å². The van der Waals surface area contributed by atoms with Crippen molar-refractivity contribution in [1.29, 1.82) is 0 Å². The third-order valence-corrected chi connectivity index (χ3v) is 3.67. The molecule has 2 N–H and O–H groups in total. The average molecular weight is 330 g/mol. The number of amides is 1. The van der Waals surface area contributed by atoms with E-state index in [2.05, 4.69) is 10.3 Å². The lowest BCUT2D eigenvalue weighted by Crippen LogP contribution is -2.34. The molecular weight excluding hydrogens is 312 g/mol. The van der Waals surface area contributed by atoms with Crippen LogP contribution in [0.1, 0.15) is 16.8 Å². The second-order valence-corrected chi connectivity index (χ2v) is 5.32. The number of methoxy groups -OCH3 is 1. The van der Waals surface area contributed by atoms with E-state index in [1.54, 1.807) is 0 Å². The molecule has 1 aromatic heterocycles. The summed E-state index contributed by atoms with van der Waals surface area (Å²) in [7, 11) is 1.41. The van der Waals surface area contributed by atoms with Crippen molar-refractivity contribution in [1.82, 2.24) is 10.3 Å². The van der Waals surface area contributed by atoms with Crippen LogP contribution in [0, 0.1) is 0 Å². The predicted molar refractivity (Wildman–Crippen MR) is 86.9 cm³/mol. The number of aromatic nitrogens is 1. The fourth-order valence-electron chi connectivity index (χ4n) is 2.45. The number of aromatic amines is 1. The molecule has 1 unspecified atom stereocenters. The van der Waals surface area contributed by atoms with Crippen LogP contribution in [0.15, 0.2) is 41.3 Å². The number of nitrogens with one attached hydrogen (secondary N) is 2. The van der Waals surface area contributed by atoms with Crippen molar-refractivity contribution in [3.05, 3.63) is 52.4 Å². The number of benzene rings is 1. The van der Waals surface area contributed by atoms with Crippen LogP contribution in [0.5, 0.6) is 17.2 Å². The Labute approximate surface area is 138 Å². The van der Waals surface area contributed by atoms with Gasteiger partial charge in [0.05, 0.1) is 12.7 Å². The Morgan fingerprint density at radius 1 is 1.38 bits per heavy atom. The first kappa shape index (κ1) is 15.9. The minimum atomic E-state index is -0.324. The van der Waals surface area contributed by atoms with Gasteiger partial charge in [-0.05, 0) is 12.1 Å². The Hall–Kier alpha value is -2.96. The number of ether oxygens (including phenoxy) is 3. The number of hydrogen-bond acceptors (Lipinski definition) is 5. The zero-order chi connectivity index (χ0) is 16.9. The molecule has 0 bridgehead atoms. The Morgan fingerprint density at radius 2 is 2.17 bits per heavy atom. The van der Waals surface area contributed by atoms with Gasteiger partial charge in [-0.3, -0.25) is 9.59 Å². The Morgan fingerprint density at radius 3 is 2.96 bits per heavy atom. The van der Waals surface area contributed by atoms with Crippen LogP contribution in [0.25, 0.3) is 0 Å². The number of para-hydroxylation sites is 2. The van der Waals surface area contributed by atoms with Crippen LogP contribution in [0.2, 0.25) is 0 Å². The first-order chi connectivity index (χ1) is 11.7. The second-order valence-electron chi connectivity index (χ2n) is 5.32. The van der Waals surface area contributed by atoms with Crippen LogP contribution in [0.4, 0.5) is 0 Å². The molecule has 0 aliphatic carbocycles. The fourth-order valence-corrected chi connectivity index (χ4v) is 2.45. The van der Waals surface area contributed by atoms with Gasteiger partial charge in [0.25, 0.3) is 11.5 Å². The third kappa shape index (κ3) is 3.51. The van der Waals surface area contributed by atoms with E-state index < -0.39 is 0 Å². The van der Waals surface area contributed by atoms with Gasteiger partial charge in [0.2, 0.25) is 0 Å². The summed E-state index contributed by atoms with van der Waals surface area (Å²) in [6, 6.07) is 8.72. The Balaban J connectivity index is 1.54. The summed E-state index contributed by atoms with van der Waals surface area (Å²) < 4.78 is 16.5. The Kier molecular flexibility index (Phi) is 4.69. The predicted octanol–water partition coefficient (Wildman–Crippen LogP) is 1.34. The normalized spacial score (nSPS) is 15.6. The largest absolute Gasteiger partial charge is 0.496 e. The number of rotatable bonds is 5. The summed E-state index contributed by atoms with van der Waals surface area (Å²) in [5, 5.41) is 2.79. The van der Waals surface area contributed by atoms with Crippen LogP contribution >= 0.6 is 0 Å². The molecule has 1 aromatic carbocycles. The molecule has 1 amide bonds. The van der Waals surface area contributed by atoms with E-state index in [4.69, 9.17) is 14.2 Å². The van der Waals surface area contributed by atoms with E-state index in [1.807, 2.05) is 24.3 Å². The SMILES string of the molecule is COc1cc(=O)[nH]cc1C(=O)NCCC1COc2ccccc2O1. The lowest BCUT2D eigenvalue weighted by Gasteiger charge is -2.26. The molecule has 2 heterocycles. The van der Waals surface area contributed by atoms with E-state index in [0.29, 0.717) is 25.3 Å². The van der Waals surface area contributed by atoms with Crippen molar-refractivity contribution < 1.29 is 19.0 Å². The van der Waals surface area contributed by atoms with Gasteiger partial charge in [-0.15, -0.1) is 0 Å². The van der Waals surface area contributed by atoms with Crippen molar-refractivity contribution in [3.8, 4) is 17.2 Å². The van der Waals surface area contributed by atoms with Crippen molar-refractivity contribution in [2.24, 2.45) is 0 Å². The number of fused-ring (bicyclic) bond motifs is 1. The maximum atomic E-state index is 12.2. The summed E-state index contributed by atoms with van der Waals surface area (Å²) in [6.07, 6.45) is 1.82. The monoisotopic (exact) mass is 330 g/mol. The first-order valence-electron chi connectivity index (χ1n) is 7.61. The van der Waals surface area contributed by atoms with Crippen molar-refractivity contribution in [2.45, 2.75) is 12.5 Å². The maximum absolute atomic E-state index is 12.2. The number of pyridine rings is 1. The minimum absolute atomic E-state index is 0.127. The van der Waals surface area contributed by atoms with Crippen molar-refractivity contribution in [2.75, 3.05) is 20.3 Å². The van der Waals surface area contributed by atoms with Gasteiger partial charge < -0.3 is 24.5 Å². The highest BCUT2D eigenvalue weighted by atomic mass is 16.6. The number of carbonyl (C=O) groups is 1. The molecule has 0 spiro atoms. The van der Waals surface area contributed by atoms with E-state index in [1.165, 1.54) is 19.4 Å². The van der Waals surface area contributed by atoms with Gasteiger partial charge in [-0.1, -0.05) is 12.1 Å². The smallest absolute Gasteiger partial charge is 0.256 e. The molecule has 1 atom stereocenters. The number of hydrogen-bond donors (Lipinski definition) is 2. The molecule has 0 fully saturated rings. The summed E-state index contributed by atoms with van der Waals surface area (Å²) in [5.41, 5.74) is -0.0434. The maximum Gasteiger partial charge on any atom is 0.256 e. The molecule has 0 saturated carbocycles. The molecule has 7 nitrogen and oxygen atoms in total. The van der Waals surface area contributed by atoms with E-state index >= 15 is 0 Å². The molecule has 0 radical (unpaired) electrons. The van der Waals surface area contributed by atoms with E-state index in [-0.39, 0.29) is 28.9 Å². The van der Waals surface area contributed by atoms with Crippen molar-refractivity contribution in [3.63, 3.8) is 0 Å². The third-order valence-electron chi connectivity index (χ3n) is 3.67. The average Bonchev–Trinajstić information content (AvgIpc) is 2.61. The molecule has 7 heteroatoms. The van der Waals surface area contributed by atoms with Gasteiger partial charge in [0.15, 0.2) is 11.5 Å².